The van der Waals surface area contributed by atoms with Gasteiger partial charge in [-0.2, -0.15) is 0 Å². The molecule has 0 aliphatic heterocycles. The number of hydrogen-bond donors (Lipinski definition) is 2. The van der Waals surface area contributed by atoms with Crippen LogP contribution in [-0.4, -0.2) is 5.91 Å². The van der Waals surface area contributed by atoms with Crippen LogP contribution in [0, 0.1) is 5.82 Å². The van der Waals surface area contributed by atoms with Gasteiger partial charge in [-0.05, 0) is 51.8 Å². The second-order valence-electron chi connectivity index (χ2n) is 4.10. The van der Waals surface area contributed by atoms with Gasteiger partial charge >= 0.3 is 0 Å². The Morgan fingerprint density at radius 1 is 1.21 bits per heavy atom. The van der Waals surface area contributed by atoms with Gasteiger partial charge in [0.05, 0.1) is 10.9 Å². The number of nitrogens with one attached hydrogen (secondary N) is 1. The lowest BCUT2D eigenvalue weighted by atomic mass is 10.1. The number of rotatable bonds is 3. The predicted octanol–water partition coefficient (Wildman–Crippen LogP) is 3.35. The summed E-state index contributed by atoms with van der Waals surface area (Å²) in [6.07, 6.45) is 0.220. The Hall–Kier alpha value is -1.88. The summed E-state index contributed by atoms with van der Waals surface area (Å²) in [7, 11) is 0. The molecular weight excluding hydrogens is 311 g/mol. The maximum absolute atomic E-state index is 13.3. The quantitative estimate of drug-likeness (QED) is 0.851. The molecule has 0 fully saturated rings. The van der Waals surface area contributed by atoms with Crippen LogP contribution < -0.4 is 11.1 Å². The van der Waals surface area contributed by atoms with Crippen molar-refractivity contribution in [1.29, 1.82) is 0 Å². The number of carbonyl (C=O) groups excluding carboxylic acids is 1. The standard InChI is InChI=1S/C14H12BrFN2O/c15-12-6-5-11(8-13(12)16)18-14(19)7-9-1-3-10(17)4-2-9/h1-6,8H,7,17H2,(H,18,19). The van der Waals surface area contributed by atoms with E-state index in [0.29, 0.717) is 15.8 Å². The van der Waals surface area contributed by atoms with E-state index in [1.54, 1.807) is 36.4 Å². The first-order chi connectivity index (χ1) is 9.04. The summed E-state index contributed by atoms with van der Waals surface area (Å²) in [5, 5.41) is 2.64. The summed E-state index contributed by atoms with van der Waals surface area (Å²) < 4.78 is 13.7. The molecule has 2 aromatic carbocycles. The molecule has 0 radical (unpaired) electrons. The van der Waals surface area contributed by atoms with Gasteiger partial charge in [0, 0.05) is 11.4 Å². The zero-order valence-corrected chi connectivity index (χ0v) is 11.6. The van der Waals surface area contributed by atoms with Gasteiger partial charge in [0.25, 0.3) is 0 Å². The number of anilines is 2. The third-order valence-corrected chi connectivity index (χ3v) is 3.19. The molecule has 3 nitrogen and oxygen atoms in total. The van der Waals surface area contributed by atoms with Crippen molar-refractivity contribution in [2.24, 2.45) is 0 Å². The maximum Gasteiger partial charge on any atom is 0.228 e. The number of amides is 1. The summed E-state index contributed by atoms with van der Waals surface area (Å²) in [6, 6.07) is 11.5. The molecule has 0 saturated carbocycles. The fraction of sp³-hybridized carbons (Fsp3) is 0.0714. The Labute approximate surface area is 118 Å². The van der Waals surface area contributed by atoms with E-state index in [1.165, 1.54) is 6.07 Å². The molecule has 19 heavy (non-hydrogen) atoms. The molecule has 0 atom stereocenters. The smallest absolute Gasteiger partial charge is 0.228 e. The molecule has 2 aromatic rings. The van der Waals surface area contributed by atoms with Crippen LogP contribution in [0.2, 0.25) is 0 Å². The van der Waals surface area contributed by atoms with E-state index in [-0.39, 0.29) is 12.3 Å². The van der Waals surface area contributed by atoms with Crippen LogP contribution in [0.5, 0.6) is 0 Å². The molecule has 0 bridgehead atoms. The first-order valence-corrected chi connectivity index (χ1v) is 6.43. The highest BCUT2D eigenvalue weighted by molar-refractivity contribution is 9.10. The van der Waals surface area contributed by atoms with Crippen molar-refractivity contribution in [3.8, 4) is 0 Å². The van der Waals surface area contributed by atoms with E-state index in [1.807, 2.05) is 0 Å². The van der Waals surface area contributed by atoms with E-state index in [9.17, 15) is 9.18 Å². The lowest BCUT2D eigenvalue weighted by Gasteiger charge is -2.06. The summed E-state index contributed by atoms with van der Waals surface area (Å²) in [6.45, 7) is 0. The maximum atomic E-state index is 13.3. The van der Waals surface area contributed by atoms with Crippen molar-refractivity contribution in [2.75, 3.05) is 11.1 Å². The number of halogens is 2. The number of nitrogens with two attached hydrogens (primary N) is 1. The third-order valence-electron chi connectivity index (χ3n) is 2.55. The van der Waals surface area contributed by atoms with Crippen LogP contribution in [-0.2, 0) is 11.2 Å². The van der Waals surface area contributed by atoms with Gasteiger partial charge in [0.2, 0.25) is 5.91 Å². The molecule has 0 saturated heterocycles. The highest BCUT2D eigenvalue weighted by atomic mass is 79.9. The van der Waals surface area contributed by atoms with Crippen molar-refractivity contribution >= 4 is 33.2 Å². The molecule has 1 amide bonds. The zero-order chi connectivity index (χ0) is 13.8. The molecule has 0 heterocycles. The minimum Gasteiger partial charge on any atom is -0.399 e. The van der Waals surface area contributed by atoms with Gasteiger partial charge in [0.1, 0.15) is 5.82 Å². The van der Waals surface area contributed by atoms with E-state index in [2.05, 4.69) is 21.2 Å². The van der Waals surface area contributed by atoms with Crippen molar-refractivity contribution in [3.63, 3.8) is 0 Å². The number of hydrogen-bond acceptors (Lipinski definition) is 2. The van der Waals surface area contributed by atoms with Crippen LogP contribution in [0.25, 0.3) is 0 Å². The van der Waals surface area contributed by atoms with Gasteiger partial charge in [-0.1, -0.05) is 12.1 Å². The van der Waals surface area contributed by atoms with E-state index in [0.717, 1.165) is 5.56 Å². The Bertz CT molecular complexity index is 599. The van der Waals surface area contributed by atoms with Crippen molar-refractivity contribution in [3.05, 3.63) is 58.3 Å². The molecule has 0 aliphatic rings. The largest absolute Gasteiger partial charge is 0.399 e. The molecule has 5 heteroatoms. The van der Waals surface area contributed by atoms with Gasteiger partial charge in [0.15, 0.2) is 0 Å². The van der Waals surface area contributed by atoms with Crippen molar-refractivity contribution < 1.29 is 9.18 Å². The van der Waals surface area contributed by atoms with Crippen molar-refractivity contribution in [2.45, 2.75) is 6.42 Å². The highest BCUT2D eigenvalue weighted by Gasteiger charge is 2.06. The first kappa shape index (κ1) is 13.5. The topological polar surface area (TPSA) is 55.1 Å². The van der Waals surface area contributed by atoms with Gasteiger partial charge < -0.3 is 11.1 Å². The monoisotopic (exact) mass is 322 g/mol. The van der Waals surface area contributed by atoms with E-state index >= 15 is 0 Å². The Morgan fingerprint density at radius 3 is 2.53 bits per heavy atom. The Kier molecular flexibility index (Phi) is 4.16. The summed E-state index contributed by atoms with van der Waals surface area (Å²) in [5.74, 6) is -0.614. The Morgan fingerprint density at radius 2 is 1.89 bits per heavy atom. The molecule has 98 valence electrons. The average molecular weight is 323 g/mol. The minimum atomic E-state index is -0.412. The van der Waals surface area contributed by atoms with Crippen LogP contribution in [0.15, 0.2) is 46.9 Å². The fourth-order valence-corrected chi connectivity index (χ4v) is 1.85. The van der Waals surface area contributed by atoms with E-state index < -0.39 is 5.82 Å². The third kappa shape index (κ3) is 3.79. The SMILES string of the molecule is Nc1ccc(CC(=O)Nc2ccc(Br)c(F)c2)cc1. The first-order valence-electron chi connectivity index (χ1n) is 5.64. The summed E-state index contributed by atoms with van der Waals surface area (Å²) >= 11 is 3.06. The normalized spacial score (nSPS) is 10.2. The van der Waals surface area contributed by atoms with Gasteiger partial charge in [-0.15, -0.1) is 0 Å². The lowest BCUT2D eigenvalue weighted by molar-refractivity contribution is -0.115. The zero-order valence-electron chi connectivity index (χ0n) is 9.99. The molecule has 0 unspecified atom stereocenters. The minimum absolute atomic E-state index is 0.202. The second kappa shape index (κ2) is 5.84. The predicted molar refractivity (Wildman–Crippen MR) is 77.3 cm³/mol. The molecule has 2 rings (SSSR count). The molecule has 3 N–H and O–H groups in total. The number of carbonyl (C=O) groups is 1. The number of nitrogen functional groups attached to an aromatic ring is 1. The van der Waals surface area contributed by atoms with Crippen LogP contribution >= 0.6 is 15.9 Å². The average Bonchev–Trinajstić information content (AvgIpc) is 2.37. The molecular formula is C14H12BrFN2O. The summed E-state index contributed by atoms with van der Waals surface area (Å²) in [5.41, 5.74) is 7.50. The van der Waals surface area contributed by atoms with Gasteiger partial charge in [-0.25, -0.2) is 4.39 Å². The molecule has 0 aliphatic carbocycles. The second-order valence-corrected chi connectivity index (χ2v) is 4.95. The number of benzene rings is 2. The Balaban J connectivity index is 2.01. The summed E-state index contributed by atoms with van der Waals surface area (Å²) in [4.78, 5) is 11.8. The highest BCUT2D eigenvalue weighted by Crippen LogP contribution is 2.19. The lowest BCUT2D eigenvalue weighted by Crippen LogP contribution is -2.14. The van der Waals surface area contributed by atoms with Crippen LogP contribution in [0.1, 0.15) is 5.56 Å². The fourth-order valence-electron chi connectivity index (χ4n) is 1.60. The molecule has 0 aromatic heterocycles. The van der Waals surface area contributed by atoms with Crippen LogP contribution in [0.3, 0.4) is 0 Å². The molecule has 0 spiro atoms. The van der Waals surface area contributed by atoms with Gasteiger partial charge in [-0.3, -0.25) is 4.79 Å². The van der Waals surface area contributed by atoms with E-state index in [4.69, 9.17) is 5.73 Å². The van der Waals surface area contributed by atoms with Crippen LogP contribution in [0.4, 0.5) is 15.8 Å². The van der Waals surface area contributed by atoms with Crippen molar-refractivity contribution in [1.82, 2.24) is 0 Å².